The lowest BCUT2D eigenvalue weighted by atomic mass is 9.79. The first-order chi connectivity index (χ1) is 13.2. The highest BCUT2D eigenvalue weighted by atomic mass is 16.3. The van der Waals surface area contributed by atoms with Crippen LogP contribution in [-0.4, -0.2) is 23.8 Å². The van der Waals surface area contributed by atoms with Gasteiger partial charge in [-0.25, -0.2) is 0 Å². The number of amides is 1. The molecular weight excluding hydrogens is 364 g/mol. The minimum atomic E-state index is -0.331. The molecule has 1 amide bonds. The van der Waals surface area contributed by atoms with Crippen molar-refractivity contribution in [2.75, 3.05) is 11.9 Å². The number of allylic oxidation sites excluding steroid dienone is 3. The number of carbonyl (C=O) groups is 2. The molecule has 0 radical (unpaired) electrons. The summed E-state index contributed by atoms with van der Waals surface area (Å²) in [6.45, 7) is 12.3. The third kappa shape index (κ3) is 5.08. The standard InChI is InChI=1S/C24H34N2O3/c1-23(2,3)16-12-17(24(4,5)6)21(28)13-19(16)26(7)22(29)14-20(27)15-10-8-9-11-18(15)25/h10-13,28H,8-9,14,25H2,1-7H3. The first-order valence-electron chi connectivity index (χ1n) is 10.1. The maximum Gasteiger partial charge on any atom is 0.234 e. The summed E-state index contributed by atoms with van der Waals surface area (Å²) in [6, 6.07) is 3.61. The second-order valence-electron chi connectivity index (χ2n) is 9.79. The Morgan fingerprint density at radius 1 is 1.00 bits per heavy atom. The van der Waals surface area contributed by atoms with E-state index in [1.54, 1.807) is 19.2 Å². The molecule has 0 bridgehead atoms. The number of Topliss-reactive ketones (excluding diaryl/α,β-unsaturated/α-hetero) is 1. The predicted octanol–water partition coefficient (Wildman–Crippen LogP) is 4.47. The SMILES string of the molecule is CN(C(=O)CC(=O)C1=CCCC=C1N)c1cc(O)c(C(C)(C)C)cc1C(C)(C)C. The van der Waals surface area contributed by atoms with Crippen molar-refractivity contribution in [3.63, 3.8) is 0 Å². The van der Waals surface area contributed by atoms with Crippen molar-refractivity contribution in [3.8, 4) is 5.75 Å². The molecular formula is C24H34N2O3. The van der Waals surface area contributed by atoms with Gasteiger partial charge in [0, 0.05) is 24.4 Å². The van der Waals surface area contributed by atoms with Crippen LogP contribution >= 0.6 is 0 Å². The Kier molecular flexibility index (Phi) is 6.31. The van der Waals surface area contributed by atoms with E-state index < -0.39 is 0 Å². The van der Waals surface area contributed by atoms with Crippen LogP contribution in [0, 0.1) is 0 Å². The Balaban J connectivity index is 2.38. The molecule has 3 N–H and O–H groups in total. The van der Waals surface area contributed by atoms with Crippen LogP contribution in [0.25, 0.3) is 0 Å². The van der Waals surface area contributed by atoms with E-state index in [1.165, 1.54) is 4.90 Å². The molecule has 0 atom stereocenters. The van der Waals surface area contributed by atoms with Crippen LogP contribution < -0.4 is 10.6 Å². The first kappa shape index (κ1) is 22.7. The normalized spacial score (nSPS) is 14.9. The van der Waals surface area contributed by atoms with E-state index in [0.717, 1.165) is 24.0 Å². The van der Waals surface area contributed by atoms with E-state index in [2.05, 4.69) is 20.8 Å². The molecule has 158 valence electrons. The Hall–Kier alpha value is -2.56. The van der Waals surface area contributed by atoms with Crippen LogP contribution in [0.15, 0.2) is 35.6 Å². The molecule has 0 spiro atoms. The quantitative estimate of drug-likeness (QED) is 0.733. The molecule has 5 nitrogen and oxygen atoms in total. The van der Waals surface area contributed by atoms with Gasteiger partial charge in [0.05, 0.1) is 12.1 Å². The minimum Gasteiger partial charge on any atom is -0.508 e. The average Bonchev–Trinajstić information content (AvgIpc) is 2.58. The van der Waals surface area contributed by atoms with Crippen LogP contribution in [0.5, 0.6) is 5.75 Å². The van der Waals surface area contributed by atoms with Gasteiger partial charge in [-0.3, -0.25) is 9.59 Å². The van der Waals surface area contributed by atoms with Gasteiger partial charge in [0.1, 0.15) is 5.75 Å². The summed E-state index contributed by atoms with van der Waals surface area (Å²) >= 11 is 0. The van der Waals surface area contributed by atoms with Crippen LogP contribution in [0.4, 0.5) is 5.69 Å². The number of carbonyl (C=O) groups excluding carboxylic acids is 2. The van der Waals surface area contributed by atoms with Crippen molar-refractivity contribution in [2.24, 2.45) is 5.73 Å². The number of nitrogens with two attached hydrogens (primary N) is 1. The molecule has 0 fully saturated rings. The second-order valence-corrected chi connectivity index (χ2v) is 9.79. The van der Waals surface area contributed by atoms with Crippen molar-refractivity contribution in [1.82, 2.24) is 0 Å². The fourth-order valence-electron chi connectivity index (χ4n) is 3.51. The van der Waals surface area contributed by atoms with E-state index in [9.17, 15) is 14.7 Å². The van der Waals surface area contributed by atoms with Crippen LogP contribution in [-0.2, 0) is 20.4 Å². The van der Waals surface area contributed by atoms with Crippen molar-refractivity contribution in [3.05, 3.63) is 46.7 Å². The number of phenols is 1. The van der Waals surface area contributed by atoms with Crippen LogP contribution in [0.2, 0.25) is 0 Å². The van der Waals surface area contributed by atoms with Gasteiger partial charge in [0.15, 0.2) is 5.78 Å². The molecule has 1 aromatic carbocycles. The van der Waals surface area contributed by atoms with Gasteiger partial charge in [0.2, 0.25) is 5.91 Å². The van der Waals surface area contributed by atoms with Crippen molar-refractivity contribution >= 4 is 17.4 Å². The molecule has 0 aromatic heterocycles. The molecule has 0 saturated heterocycles. The van der Waals surface area contributed by atoms with E-state index in [4.69, 9.17) is 5.73 Å². The summed E-state index contributed by atoms with van der Waals surface area (Å²) in [5.74, 6) is -0.459. The van der Waals surface area contributed by atoms with E-state index in [1.807, 2.05) is 32.9 Å². The largest absolute Gasteiger partial charge is 0.508 e. The monoisotopic (exact) mass is 398 g/mol. The van der Waals surface area contributed by atoms with Gasteiger partial charge in [-0.15, -0.1) is 0 Å². The number of benzene rings is 1. The van der Waals surface area contributed by atoms with Crippen molar-refractivity contribution in [1.29, 1.82) is 0 Å². The third-order valence-electron chi connectivity index (χ3n) is 5.27. The smallest absolute Gasteiger partial charge is 0.234 e. The van der Waals surface area contributed by atoms with Gasteiger partial charge in [-0.05, 0) is 40.9 Å². The number of rotatable bonds is 4. The number of aromatic hydroxyl groups is 1. The van der Waals surface area contributed by atoms with Gasteiger partial charge in [-0.1, -0.05) is 53.7 Å². The summed E-state index contributed by atoms with van der Waals surface area (Å²) in [7, 11) is 1.64. The van der Waals surface area contributed by atoms with Gasteiger partial charge >= 0.3 is 0 Å². The van der Waals surface area contributed by atoms with Crippen LogP contribution in [0.1, 0.15) is 71.9 Å². The Morgan fingerprint density at radius 3 is 2.07 bits per heavy atom. The third-order valence-corrected chi connectivity index (χ3v) is 5.27. The predicted molar refractivity (Wildman–Crippen MR) is 118 cm³/mol. The molecule has 1 aromatic rings. The summed E-state index contributed by atoms with van der Waals surface area (Å²) in [5, 5.41) is 10.6. The zero-order chi connectivity index (χ0) is 22.1. The molecule has 0 saturated carbocycles. The maximum atomic E-state index is 12.9. The summed E-state index contributed by atoms with van der Waals surface area (Å²) < 4.78 is 0. The number of phenolic OH excluding ortho intramolecular Hbond substituents is 1. The zero-order valence-electron chi connectivity index (χ0n) is 18.7. The fraction of sp³-hybridized carbons (Fsp3) is 0.500. The Bertz CT molecular complexity index is 881. The van der Waals surface area contributed by atoms with E-state index in [-0.39, 0.29) is 34.7 Å². The lowest BCUT2D eigenvalue weighted by Crippen LogP contribution is -2.32. The molecule has 0 unspecified atom stereocenters. The number of ketones is 1. The maximum absolute atomic E-state index is 12.9. The van der Waals surface area contributed by atoms with E-state index >= 15 is 0 Å². The highest BCUT2D eigenvalue weighted by Gasteiger charge is 2.29. The van der Waals surface area contributed by atoms with Crippen molar-refractivity contribution < 1.29 is 14.7 Å². The Labute approximate surface area is 174 Å². The number of nitrogens with zero attached hydrogens (tertiary/aromatic N) is 1. The van der Waals surface area contributed by atoms with Gasteiger partial charge < -0.3 is 15.7 Å². The summed E-state index contributed by atoms with van der Waals surface area (Å²) in [5.41, 5.74) is 8.69. The molecule has 1 aliphatic rings. The number of anilines is 1. The molecule has 2 rings (SSSR count). The fourth-order valence-corrected chi connectivity index (χ4v) is 3.51. The molecule has 5 heteroatoms. The lowest BCUT2D eigenvalue weighted by molar-refractivity contribution is -0.124. The first-order valence-corrected chi connectivity index (χ1v) is 10.1. The summed E-state index contributed by atoms with van der Waals surface area (Å²) in [4.78, 5) is 27.0. The van der Waals surface area contributed by atoms with Crippen LogP contribution in [0.3, 0.4) is 0 Å². The highest BCUT2D eigenvalue weighted by Crippen LogP contribution is 2.40. The summed E-state index contributed by atoms with van der Waals surface area (Å²) in [6.07, 6.45) is 4.92. The average molecular weight is 399 g/mol. The van der Waals surface area contributed by atoms with Gasteiger partial charge in [-0.2, -0.15) is 0 Å². The molecule has 1 aliphatic carbocycles. The lowest BCUT2D eigenvalue weighted by Gasteiger charge is -2.31. The van der Waals surface area contributed by atoms with Gasteiger partial charge in [0.25, 0.3) is 0 Å². The number of hydrogen-bond donors (Lipinski definition) is 2. The topological polar surface area (TPSA) is 83.6 Å². The van der Waals surface area contributed by atoms with E-state index in [0.29, 0.717) is 17.0 Å². The minimum absolute atomic E-state index is 0.147. The highest BCUT2D eigenvalue weighted by molar-refractivity contribution is 6.13. The van der Waals surface area contributed by atoms with Crippen molar-refractivity contribution in [2.45, 2.75) is 71.6 Å². The molecule has 0 heterocycles. The zero-order valence-corrected chi connectivity index (χ0v) is 18.7. The number of hydrogen-bond acceptors (Lipinski definition) is 4. The molecule has 29 heavy (non-hydrogen) atoms. The second kappa shape index (κ2) is 8.05. The molecule has 0 aliphatic heterocycles. The Morgan fingerprint density at radius 2 is 1.55 bits per heavy atom.